The maximum absolute atomic E-state index is 9.56. The lowest BCUT2D eigenvalue weighted by molar-refractivity contribution is 0.413. The van der Waals surface area contributed by atoms with Crippen LogP contribution in [0, 0.1) is 18.3 Å². The van der Waals surface area contributed by atoms with Gasteiger partial charge in [-0.1, -0.05) is 29.8 Å². The number of methoxy groups -OCH3 is 1. The van der Waals surface area contributed by atoms with E-state index in [0.717, 1.165) is 30.0 Å². The zero-order valence-corrected chi connectivity index (χ0v) is 15.0. The van der Waals surface area contributed by atoms with Gasteiger partial charge in [-0.3, -0.25) is 0 Å². The number of hydrogen-bond acceptors (Lipinski definition) is 3. The van der Waals surface area contributed by atoms with Gasteiger partial charge in [0, 0.05) is 30.4 Å². The second-order valence-electron chi connectivity index (χ2n) is 6.51. The summed E-state index contributed by atoms with van der Waals surface area (Å²) >= 11 is 0. The Balaban J connectivity index is 1.92. The first kappa shape index (κ1) is 17.1. The lowest BCUT2D eigenvalue weighted by Crippen LogP contribution is -2.29. The van der Waals surface area contributed by atoms with E-state index < -0.39 is 0 Å². The zero-order chi connectivity index (χ0) is 17.6. The van der Waals surface area contributed by atoms with Crippen LogP contribution in [0.2, 0.25) is 0 Å². The number of nitriles is 1. The molecular weight excluding hydrogens is 308 g/mol. The van der Waals surface area contributed by atoms with Gasteiger partial charge in [0.1, 0.15) is 5.75 Å². The maximum Gasteiger partial charge on any atom is 0.128 e. The molecule has 1 aliphatic rings. The average molecular weight is 332 g/mol. The fraction of sp³-hybridized carbons (Fsp3) is 0.318. The van der Waals surface area contributed by atoms with Crippen molar-refractivity contribution in [3.8, 4) is 11.8 Å². The Hall–Kier alpha value is -2.73. The number of anilines is 1. The van der Waals surface area contributed by atoms with Crippen molar-refractivity contribution >= 4 is 17.3 Å². The minimum Gasteiger partial charge on any atom is -0.496 e. The highest BCUT2D eigenvalue weighted by atomic mass is 16.5. The molecule has 3 heteroatoms. The second-order valence-corrected chi connectivity index (χ2v) is 6.51. The lowest BCUT2D eigenvalue weighted by Gasteiger charge is -2.29. The molecule has 0 unspecified atom stereocenters. The molecule has 1 aliphatic heterocycles. The van der Waals surface area contributed by atoms with E-state index in [2.05, 4.69) is 23.1 Å². The van der Waals surface area contributed by atoms with Gasteiger partial charge in [0.2, 0.25) is 0 Å². The maximum atomic E-state index is 9.56. The van der Waals surface area contributed by atoms with Gasteiger partial charge in [0.15, 0.2) is 0 Å². The number of piperidine rings is 1. The minimum absolute atomic E-state index is 0.643. The van der Waals surface area contributed by atoms with Crippen LogP contribution in [0.4, 0.5) is 5.69 Å². The number of nitrogens with zero attached hydrogens (tertiary/aromatic N) is 2. The summed E-state index contributed by atoms with van der Waals surface area (Å²) in [6.45, 7) is 4.25. The number of ether oxygens (including phenoxy) is 1. The van der Waals surface area contributed by atoms with Crippen molar-refractivity contribution in [2.75, 3.05) is 25.1 Å². The van der Waals surface area contributed by atoms with Gasteiger partial charge in [-0.15, -0.1) is 0 Å². The van der Waals surface area contributed by atoms with Gasteiger partial charge in [0.25, 0.3) is 0 Å². The summed E-state index contributed by atoms with van der Waals surface area (Å²) in [4.78, 5) is 2.41. The molecule has 0 aromatic heterocycles. The van der Waals surface area contributed by atoms with Crippen LogP contribution in [0.25, 0.3) is 11.6 Å². The van der Waals surface area contributed by atoms with E-state index in [9.17, 15) is 5.26 Å². The Labute approximate surface area is 150 Å². The summed E-state index contributed by atoms with van der Waals surface area (Å²) < 4.78 is 5.60. The molecule has 2 aromatic carbocycles. The third kappa shape index (κ3) is 4.03. The summed E-state index contributed by atoms with van der Waals surface area (Å²) in [5.41, 5.74) is 4.88. The quantitative estimate of drug-likeness (QED) is 0.580. The highest BCUT2D eigenvalue weighted by Crippen LogP contribution is 2.30. The number of hydrogen-bond donors (Lipinski definition) is 0. The molecule has 25 heavy (non-hydrogen) atoms. The molecule has 0 N–H and O–H groups in total. The van der Waals surface area contributed by atoms with Crippen molar-refractivity contribution in [1.82, 2.24) is 0 Å². The van der Waals surface area contributed by atoms with Crippen LogP contribution in [-0.4, -0.2) is 20.2 Å². The average Bonchev–Trinajstić information content (AvgIpc) is 2.67. The first-order valence-electron chi connectivity index (χ1n) is 8.83. The summed E-state index contributed by atoms with van der Waals surface area (Å²) in [6.07, 6.45) is 5.71. The Kier molecular flexibility index (Phi) is 5.40. The first-order valence-corrected chi connectivity index (χ1v) is 8.83. The van der Waals surface area contributed by atoms with E-state index in [-0.39, 0.29) is 0 Å². The zero-order valence-electron chi connectivity index (χ0n) is 15.0. The lowest BCUT2D eigenvalue weighted by atomic mass is 10.0. The van der Waals surface area contributed by atoms with Crippen molar-refractivity contribution in [3.05, 3.63) is 59.2 Å². The smallest absolute Gasteiger partial charge is 0.128 e. The molecule has 0 amide bonds. The third-order valence-corrected chi connectivity index (χ3v) is 4.72. The number of benzene rings is 2. The topological polar surface area (TPSA) is 36.3 Å². The van der Waals surface area contributed by atoms with Gasteiger partial charge in [-0.25, -0.2) is 0 Å². The van der Waals surface area contributed by atoms with E-state index in [1.54, 1.807) is 7.11 Å². The standard InChI is InChI=1S/C22H24N2O/c1-17-6-8-18(9-7-17)20(16-23)14-19-10-11-21(15-22(19)25-2)24-12-4-3-5-13-24/h6-11,14-15H,3-5,12-13H2,1-2H3/b20-14-. The fourth-order valence-electron chi connectivity index (χ4n) is 3.24. The molecule has 3 nitrogen and oxygen atoms in total. The van der Waals surface area contributed by atoms with E-state index in [4.69, 9.17) is 4.74 Å². The summed E-state index contributed by atoms with van der Waals surface area (Å²) in [6, 6.07) is 16.6. The van der Waals surface area contributed by atoms with Crippen LogP contribution in [0.15, 0.2) is 42.5 Å². The molecule has 1 heterocycles. The predicted octanol–water partition coefficient (Wildman–Crippen LogP) is 5.06. The van der Waals surface area contributed by atoms with Crippen molar-refractivity contribution in [3.63, 3.8) is 0 Å². The van der Waals surface area contributed by atoms with E-state index >= 15 is 0 Å². The third-order valence-electron chi connectivity index (χ3n) is 4.72. The molecule has 1 saturated heterocycles. The van der Waals surface area contributed by atoms with Crippen LogP contribution >= 0.6 is 0 Å². The molecule has 0 atom stereocenters. The Morgan fingerprint density at radius 2 is 1.80 bits per heavy atom. The normalized spacial score (nSPS) is 14.9. The highest BCUT2D eigenvalue weighted by molar-refractivity contribution is 5.91. The largest absolute Gasteiger partial charge is 0.496 e. The van der Waals surface area contributed by atoms with Crippen molar-refractivity contribution < 1.29 is 4.74 Å². The highest BCUT2D eigenvalue weighted by Gasteiger charge is 2.13. The Bertz CT molecular complexity index is 794. The molecule has 2 aromatic rings. The molecule has 1 fully saturated rings. The number of allylic oxidation sites excluding steroid dienone is 1. The van der Waals surface area contributed by atoms with Crippen molar-refractivity contribution in [2.45, 2.75) is 26.2 Å². The van der Waals surface area contributed by atoms with Gasteiger partial charge in [-0.2, -0.15) is 5.26 Å². The number of rotatable bonds is 4. The predicted molar refractivity (Wildman–Crippen MR) is 104 cm³/mol. The van der Waals surface area contributed by atoms with Crippen LogP contribution in [0.5, 0.6) is 5.75 Å². The second kappa shape index (κ2) is 7.90. The van der Waals surface area contributed by atoms with Gasteiger partial charge < -0.3 is 9.64 Å². The van der Waals surface area contributed by atoms with Crippen LogP contribution in [-0.2, 0) is 0 Å². The summed E-state index contributed by atoms with van der Waals surface area (Å²) in [5.74, 6) is 0.808. The fourth-order valence-corrected chi connectivity index (χ4v) is 3.24. The summed E-state index contributed by atoms with van der Waals surface area (Å²) in [7, 11) is 1.69. The van der Waals surface area contributed by atoms with Crippen molar-refractivity contribution in [2.24, 2.45) is 0 Å². The number of aryl methyl sites for hydroxylation is 1. The van der Waals surface area contributed by atoms with E-state index in [1.165, 1.54) is 30.5 Å². The molecular formula is C22H24N2O. The first-order chi connectivity index (χ1) is 12.2. The molecule has 0 spiro atoms. The van der Waals surface area contributed by atoms with Gasteiger partial charge >= 0.3 is 0 Å². The summed E-state index contributed by atoms with van der Waals surface area (Å²) in [5, 5.41) is 9.56. The Morgan fingerprint density at radius 1 is 1.08 bits per heavy atom. The van der Waals surface area contributed by atoms with Crippen LogP contribution in [0.1, 0.15) is 36.0 Å². The Morgan fingerprint density at radius 3 is 2.44 bits per heavy atom. The van der Waals surface area contributed by atoms with Crippen LogP contribution in [0.3, 0.4) is 0 Å². The van der Waals surface area contributed by atoms with E-state index in [0.29, 0.717) is 5.57 Å². The SMILES string of the molecule is COc1cc(N2CCCCC2)ccc1/C=C(/C#N)c1ccc(C)cc1. The molecule has 128 valence electrons. The van der Waals surface area contributed by atoms with E-state index in [1.807, 2.05) is 43.3 Å². The molecule has 0 bridgehead atoms. The minimum atomic E-state index is 0.643. The van der Waals surface area contributed by atoms with Crippen LogP contribution < -0.4 is 9.64 Å². The molecule has 0 saturated carbocycles. The monoisotopic (exact) mass is 332 g/mol. The van der Waals surface area contributed by atoms with Gasteiger partial charge in [0.05, 0.1) is 18.8 Å². The van der Waals surface area contributed by atoms with Gasteiger partial charge in [-0.05, 0) is 50.0 Å². The molecule has 3 rings (SSSR count). The van der Waals surface area contributed by atoms with Crippen molar-refractivity contribution in [1.29, 1.82) is 5.26 Å². The molecule has 0 radical (unpaired) electrons. The molecule has 0 aliphatic carbocycles.